The van der Waals surface area contributed by atoms with Gasteiger partial charge in [0.05, 0.1) is 7.11 Å². The molecule has 9 heteroatoms. The molecule has 2 amide bonds. The van der Waals surface area contributed by atoms with E-state index in [0.29, 0.717) is 57.3 Å². The third-order valence-corrected chi connectivity index (χ3v) is 5.52. The van der Waals surface area contributed by atoms with Crippen LogP contribution in [0.2, 0.25) is 0 Å². The van der Waals surface area contributed by atoms with Gasteiger partial charge in [-0.05, 0) is 37.1 Å². The second-order valence-corrected chi connectivity index (χ2v) is 7.45. The summed E-state index contributed by atoms with van der Waals surface area (Å²) in [6, 6.07) is 7.38. The Morgan fingerprint density at radius 2 is 1.87 bits per heavy atom. The van der Waals surface area contributed by atoms with Gasteiger partial charge in [-0.3, -0.25) is 9.59 Å². The zero-order valence-electron chi connectivity index (χ0n) is 17.1. The van der Waals surface area contributed by atoms with Crippen molar-refractivity contribution in [3.05, 3.63) is 30.2 Å². The molecule has 2 aliphatic heterocycles. The van der Waals surface area contributed by atoms with Gasteiger partial charge >= 0.3 is 0 Å². The van der Waals surface area contributed by atoms with Gasteiger partial charge in [0.1, 0.15) is 11.9 Å². The second-order valence-electron chi connectivity index (χ2n) is 7.45. The Hall–Kier alpha value is -2.94. The Kier molecular flexibility index (Phi) is 6.27. The molecule has 0 bridgehead atoms. The Morgan fingerprint density at radius 1 is 1.13 bits per heavy atom. The molecule has 0 spiro atoms. The van der Waals surface area contributed by atoms with Crippen LogP contribution in [0.1, 0.15) is 25.2 Å². The first-order valence-corrected chi connectivity index (χ1v) is 10.3. The number of piperazine rings is 1. The summed E-state index contributed by atoms with van der Waals surface area (Å²) >= 11 is 0. The summed E-state index contributed by atoms with van der Waals surface area (Å²) in [5.41, 5.74) is 0.823. The van der Waals surface area contributed by atoms with Crippen molar-refractivity contribution in [2.75, 3.05) is 39.9 Å². The summed E-state index contributed by atoms with van der Waals surface area (Å²) in [6.07, 6.45) is 2.11. The molecule has 0 aliphatic carbocycles. The molecule has 30 heavy (non-hydrogen) atoms. The fraction of sp³-hybridized carbons (Fsp3) is 0.524. The smallest absolute Gasteiger partial charge is 0.251 e. The van der Waals surface area contributed by atoms with Crippen molar-refractivity contribution in [3.63, 3.8) is 0 Å². The Balaban J connectivity index is 1.24. The lowest BCUT2D eigenvalue weighted by atomic mass is 10.2. The molecular formula is C21H26N4O5. The molecule has 2 aromatic rings. The van der Waals surface area contributed by atoms with Crippen molar-refractivity contribution in [2.24, 2.45) is 0 Å². The van der Waals surface area contributed by atoms with E-state index in [0.717, 1.165) is 24.2 Å². The van der Waals surface area contributed by atoms with E-state index in [1.54, 1.807) is 16.9 Å². The van der Waals surface area contributed by atoms with Crippen molar-refractivity contribution in [1.29, 1.82) is 0 Å². The molecule has 3 heterocycles. The molecule has 2 fully saturated rings. The molecular weight excluding hydrogens is 388 g/mol. The van der Waals surface area contributed by atoms with Gasteiger partial charge in [0, 0.05) is 51.2 Å². The maximum absolute atomic E-state index is 12.5. The summed E-state index contributed by atoms with van der Waals surface area (Å²) in [6.45, 7) is 2.83. The first-order chi connectivity index (χ1) is 14.6. The fourth-order valence-corrected chi connectivity index (χ4v) is 3.74. The summed E-state index contributed by atoms with van der Waals surface area (Å²) in [7, 11) is 1.61. The Morgan fingerprint density at radius 3 is 2.53 bits per heavy atom. The van der Waals surface area contributed by atoms with Crippen molar-refractivity contribution < 1.29 is 23.6 Å². The third-order valence-electron chi connectivity index (χ3n) is 5.52. The van der Waals surface area contributed by atoms with Crippen LogP contribution in [0.3, 0.4) is 0 Å². The zero-order valence-corrected chi connectivity index (χ0v) is 17.1. The van der Waals surface area contributed by atoms with Crippen molar-refractivity contribution in [3.8, 4) is 17.1 Å². The van der Waals surface area contributed by atoms with E-state index in [1.807, 2.05) is 24.3 Å². The van der Waals surface area contributed by atoms with Crippen LogP contribution in [0.25, 0.3) is 11.4 Å². The number of carbonyl (C=O) groups excluding carboxylic acids is 2. The summed E-state index contributed by atoms with van der Waals surface area (Å²) in [5.74, 6) is 1.76. The lowest BCUT2D eigenvalue weighted by Crippen LogP contribution is -2.52. The third kappa shape index (κ3) is 4.62. The topological polar surface area (TPSA) is 98.0 Å². The number of carbonyl (C=O) groups is 2. The number of nitrogens with zero attached hydrogens (tertiary/aromatic N) is 4. The van der Waals surface area contributed by atoms with E-state index in [9.17, 15) is 9.59 Å². The molecule has 1 aromatic heterocycles. The first kappa shape index (κ1) is 20.3. The van der Waals surface area contributed by atoms with Crippen LogP contribution in [-0.2, 0) is 20.7 Å². The predicted octanol–water partition coefficient (Wildman–Crippen LogP) is 1.53. The van der Waals surface area contributed by atoms with Crippen LogP contribution in [0.4, 0.5) is 0 Å². The van der Waals surface area contributed by atoms with E-state index in [2.05, 4.69) is 10.1 Å². The van der Waals surface area contributed by atoms with E-state index in [1.165, 1.54) is 0 Å². The molecule has 1 unspecified atom stereocenters. The molecule has 2 saturated heterocycles. The maximum atomic E-state index is 12.5. The minimum Gasteiger partial charge on any atom is -0.497 e. The predicted molar refractivity (Wildman–Crippen MR) is 107 cm³/mol. The molecule has 0 N–H and O–H groups in total. The average molecular weight is 414 g/mol. The number of ether oxygens (including phenoxy) is 2. The highest BCUT2D eigenvalue weighted by atomic mass is 16.5. The number of hydrogen-bond acceptors (Lipinski definition) is 7. The molecule has 1 aromatic carbocycles. The molecule has 160 valence electrons. The van der Waals surface area contributed by atoms with Gasteiger partial charge < -0.3 is 23.8 Å². The van der Waals surface area contributed by atoms with Gasteiger partial charge in [-0.2, -0.15) is 4.98 Å². The maximum Gasteiger partial charge on any atom is 0.251 e. The second kappa shape index (κ2) is 9.25. The molecule has 0 radical (unpaired) electrons. The lowest BCUT2D eigenvalue weighted by Gasteiger charge is -2.35. The quantitative estimate of drug-likeness (QED) is 0.707. The van der Waals surface area contributed by atoms with Crippen LogP contribution in [0.5, 0.6) is 5.75 Å². The lowest BCUT2D eigenvalue weighted by molar-refractivity contribution is -0.146. The number of amides is 2. The molecule has 4 rings (SSSR count). The van der Waals surface area contributed by atoms with Gasteiger partial charge in [0.25, 0.3) is 5.91 Å². The minimum atomic E-state index is -0.301. The SMILES string of the molecule is COc1ccc(-c2noc(CCC(=O)N3CCN(C(=O)C4CCCO4)CC3)n2)cc1. The van der Waals surface area contributed by atoms with E-state index in [-0.39, 0.29) is 17.9 Å². The summed E-state index contributed by atoms with van der Waals surface area (Å²) < 4.78 is 15.9. The monoisotopic (exact) mass is 414 g/mol. The highest BCUT2D eigenvalue weighted by Gasteiger charge is 2.31. The first-order valence-electron chi connectivity index (χ1n) is 10.3. The van der Waals surface area contributed by atoms with Gasteiger partial charge in [0.15, 0.2) is 0 Å². The van der Waals surface area contributed by atoms with Crippen LogP contribution >= 0.6 is 0 Å². The number of benzene rings is 1. The van der Waals surface area contributed by atoms with Gasteiger partial charge in [0.2, 0.25) is 17.6 Å². The van der Waals surface area contributed by atoms with Gasteiger partial charge in [-0.25, -0.2) is 0 Å². The zero-order chi connectivity index (χ0) is 20.9. The largest absolute Gasteiger partial charge is 0.497 e. The van der Waals surface area contributed by atoms with E-state index >= 15 is 0 Å². The van der Waals surface area contributed by atoms with Crippen LogP contribution in [0, 0.1) is 0 Å². The Bertz CT molecular complexity index is 868. The van der Waals surface area contributed by atoms with E-state index in [4.69, 9.17) is 14.0 Å². The normalized spacial score (nSPS) is 19.2. The highest BCUT2D eigenvalue weighted by Crippen LogP contribution is 2.20. The molecule has 0 saturated carbocycles. The summed E-state index contributed by atoms with van der Waals surface area (Å²) in [4.78, 5) is 32.9. The number of aryl methyl sites for hydroxylation is 1. The molecule has 2 aliphatic rings. The van der Waals surface area contributed by atoms with Gasteiger partial charge in [-0.15, -0.1) is 0 Å². The fourth-order valence-electron chi connectivity index (χ4n) is 3.74. The van der Waals surface area contributed by atoms with Gasteiger partial charge in [-0.1, -0.05) is 5.16 Å². The van der Waals surface area contributed by atoms with E-state index < -0.39 is 0 Å². The highest BCUT2D eigenvalue weighted by molar-refractivity contribution is 5.82. The minimum absolute atomic E-state index is 0.0309. The number of methoxy groups -OCH3 is 1. The summed E-state index contributed by atoms with van der Waals surface area (Å²) in [5, 5.41) is 3.99. The van der Waals surface area contributed by atoms with Crippen molar-refractivity contribution >= 4 is 11.8 Å². The number of hydrogen-bond donors (Lipinski definition) is 0. The van der Waals surface area contributed by atoms with Crippen molar-refractivity contribution in [1.82, 2.24) is 19.9 Å². The standard InChI is InChI=1S/C21H26N4O5/c1-28-16-6-4-15(5-7-16)20-22-18(30-23-20)8-9-19(26)24-10-12-25(13-11-24)21(27)17-3-2-14-29-17/h4-7,17H,2-3,8-14H2,1H3. The Labute approximate surface area is 174 Å². The molecule has 9 nitrogen and oxygen atoms in total. The average Bonchev–Trinajstić information content (AvgIpc) is 3.50. The van der Waals surface area contributed by atoms with Crippen molar-refractivity contribution in [2.45, 2.75) is 31.8 Å². The van der Waals surface area contributed by atoms with Crippen LogP contribution < -0.4 is 4.74 Å². The van der Waals surface area contributed by atoms with Crippen LogP contribution in [-0.4, -0.2) is 77.8 Å². The molecule has 1 atom stereocenters. The number of rotatable bonds is 6. The van der Waals surface area contributed by atoms with Crippen LogP contribution in [0.15, 0.2) is 28.8 Å². The number of aromatic nitrogens is 2.